The monoisotopic (exact) mass is 382 g/mol. The van der Waals surface area contributed by atoms with Crippen molar-refractivity contribution in [1.82, 2.24) is 4.90 Å². The Morgan fingerprint density at radius 3 is 2.25 bits per heavy atom. The van der Waals surface area contributed by atoms with E-state index in [4.69, 9.17) is 4.74 Å². The molecule has 7 nitrogen and oxygen atoms in total. The van der Waals surface area contributed by atoms with E-state index in [1.807, 2.05) is 12.1 Å². The lowest BCUT2D eigenvalue weighted by Crippen LogP contribution is -2.48. The van der Waals surface area contributed by atoms with Gasteiger partial charge in [0.2, 0.25) is 5.91 Å². The first-order valence-electron chi connectivity index (χ1n) is 8.90. The molecule has 1 aliphatic heterocycles. The molecule has 1 fully saturated rings. The van der Waals surface area contributed by atoms with Crippen molar-refractivity contribution >= 4 is 23.6 Å². The Morgan fingerprint density at radius 2 is 1.64 bits per heavy atom. The smallest absolute Gasteiger partial charge is 0.337 e. The number of anilines is 1. The number of rotatable bonds is 4. The highest BCUT2D eigenvalue weighted by Gasteiger charge is 2.20. The molecule has 0 unspecified atom stereocenters. The molecule has 0 saturated carbocycles. The van der Waals surface area contributed by atoms with Gasteiger partial charge in [0.1, 0.15) is 0 Å². The molecule has 146 valence electrons. The lowest BCUT2D eigenvalue weighted by atomic mass is 10.1. The van der Waals surface area contributed by atoms with Gasteiger partial charge in [-0.15, -0.1) is 0 Å². The molecule has 1 heterocycles. The van der Waals surface area contributed by atoms with Crippen molar-refractivity contribution in [3.05, 3.63) is 59.7 Å². The third kappa shape index (κ3) is 4.43. The zero-order chi connectivity index (χ0) is 20.1. The number of hydrogen-bond acceptors (Lipinski definition) is 6. The Hall–Kier alpha value is -3.48. The molecule has 2 aromatic rings. The van der Waals surface area contributed by atoms with E-state index in [2.05, 4.69) is 4.90 Å². The Labute approximate surface area is 163 Å². The van der Waals surface area contributed by atoms with Crippen LogP contribution in [0.15, 0.2) is 48.5 Å². The van der Waals surface area contributed by atoms with Crippen LogP contribution in [0.25, 0.3) is 6.08 Å². The maximum Gasteiger partial charge on any atom is 0.337 e. The number of methoxy groups -OCH3 is 1. The average molecular weight is 382 g/mol. The molecule has 0 aromatic heterocycles. The first-order valence-corrected chi connectivity index (χ1v) is 8.90. The Kier molecular flexibility index (Phi) is 5.84. The molecule has 0 radical (unpaired) electrons. The van der Waals surface area contributed by atoms with Crippen LogP contribution in [0, 0.1) is 0 Å². The summed E-state index contributed by atoms with van der Waals surface area (Å²) in [5, 5.41) is 18.8. The highest BCUT2D eigenvalue weighted by Crippen LogP contribution is 2.25. The molecular formula is C21H22N2O5. The van der Waals surface area contributed by atoms with Crippen LogP contribution >= 0.6 is 0 Å². The second-order valence-corrected chi connectivity index (χ2v) is 6.43. The summed E-state index contributed by atoms with van der Waals surface area (Å²) in [4.78, 5) is 27.8. The quantitative estimate of drug-likeness (QED) is 0.479. The maximum atomic E-state index is 12.4. The van der Waals surface area contributed by atoms with Crippen molar-refractivity contribution in [2.24, 2.45) is 0 Å². The third-order valence-corrected chi connectivity index (χ3v) is 4.66. The fourth-order valence-electron chi connectivity index (χ4n) is 3.03. The number of carbonyl (C=O) groups is 2. The minimum atomic E-state index is -0.365. The van der Waals surface area contributed by atoms with Gasteiger partial charge in [-0.1, -0.05) is 6.07 Å². The number of amides is 1. The van der Waals surface area contributed by atoms with Crippen LogP contribution in [0.2, 0.25) is 0 Å². The van der Waals surface area contributed by atoms with E-state index < -0.39 is 0 Å². The van der Waals surface area contributed by atoms with Crippen LogP contribution < -0.4 is 4.90 Å². The average Bonchev–Trinajstić information content (AvgIpc) is 2.74. The van der Waals surface area contributed by atoms with E-state index in [9.17, 15) is 19.8 Å². The Balaban J connectivity index is 1.55. The largest absolute Gasteiger partial charge is 0.504 e. The number of carbonyl (C=O) groups excluding carboxylic acids is 2. The normalized spacial score (nSPS) is 14.3. The van der Waals surface area contributed by atoms with Crippen LogP contribution in [-0.4, -0.2) is 60.3 Å². The molecule has 0 aliphatic carbocycles. The van der Waals surface area contributed by atoms with Gasteiger partial charge in [0.25, 0.3) is 0 Å². The number of phenols is 2. The van der Waals surface area contributed by atoms with Crippen LogP contribution in [0.1, 0.15) is 15.9 Å². The van der Waals surface area contributed by atoms with Gasteiger partial charge in [0, 0.05) is 37.9 Å². The number of ether oxygens (including phenoxy) is 1. The highest BCUT2D eigenvalue weighted by molar-refractivity contribution is 5.92. The number of nitrogens with zero attached hydrogens (tertiary/aromatic N) is 2. The van der Waals surface area contributed by atoms with Crippen LogP contribution in [0.5, 0.6) is 11.5 Å². The number of aromatic hydroxyl groups is 2. The van der Waals surface area contributed by atoms with E-state index in [0.717, 1.165) is 5.69 Å². The summed E-state index contributed by atoms with van der Waals surface area (Å²) < 4.78 is 4.70. The second-order valence-electron chi connectivity index (χ2n) is 6.43. The van der Waals surface area contributed by atoms with Gasteiger partial charge in [-0.2, -0.15) is 0 Å². The van der Waals surface area contributed by atoms with Crippen molar-refractivity contribution < 1.29 is 24.5 Å². The van der Waals surface area contributed by atoms with Crippen molar-refractivity contribution in [2.45, 2.75) is 0 Å². The summed E-state index contributed by atoms with van der Waals surface area (Å²) in [6, 6.07) is 11.6. The number of esters is 1. The summed E-state index contributed by atoms with van der Waals surface area (Å²) in [5.41, 5.74) is 2.13. The van der Waals surface area contributed by atoms with Crippen molar-refractivity contribution in [1.29, 1.82) is 0 Å². The molecule has 0 spiro atoms. The summed E-state index contributed by atoms with van der Waals surface area (Å²) >= 11 is 0. The predicted molar refractivity (Wildman–Crippen MR) is 105 cm³/mol. The molecule has 28 heavy (non-hydrogen) atoms. The number of hydrogen-bond donors (Lipinski definition) is 2. The number of benzene rings is 2. The zero-order valence-electron chi connectivity index (χ0n) is 15.5. The fraction of sp³-hybridized carbons (Fsp3) is 0.238. The molecule has 0 atom stereocenters. The lowest BCUT2D eigenvalue weighted by Gasteiger charge is -2.35. The van der Waals surface area contributed by atoms with Crippen LogP contribution in [-0.2, 0) is 9.53 Å². The van der Waals surface area contributed by atoms with E-state index in [1.165, 1.54) is 25.3 Å². The minimum Gasteiger partial charge on any atom is -0.504 e. The van der Waals surface area contributed by atoms with Crippen molar-refractivity contribution in [3.8, 4) is 11.5 Å². The fourth-order valence-corrected chi connectivity index (χ4v) is 3.03. The first-order chi connectivity index (χ1) is 13.5. The molecule has 1 aliphatic rings. The number of phenolic OH excluding ortho intramolecular Hbond substituents is 2. The Morgan fingerprint density at radius 1 is 0.964 bits per heavy atom. The molecule has 1 amide bonds. The van der Waals surface area contributed by atoms with Gasteiger partial charge < -0.3 is 24.7 Å². The van der Waals surface area contributed by atoms with Gasteiger partial charge in [-0.3, -0.25) is 4.79 Å². The van der Waals surface area contributed by atoms with Crippen molar-refractivity contribution in [3.63, 3.8) is 0 Å². The standard InChI is InChI=1S/C21H22N2O5/c1-28-21(27)16-4-6-17(7-5-16)22-10-12-23(13-11-22)20(26)9-3-15-2-8-18(24)19(25)14-15/h2-9,14,24-25H,10-13H2,1H3/b9-3+. The molecule has 7 heteroatoms. The number of piperazine rings is 1. The van der Waals surface area contributed by atoms with E-state index in [0.29, 0.717) is 37.3 Å². The Bertz CT molecular complexity index is 884. The van der Waals surface area contributed by atoms with Gasteiger partial charge >= 0.3 is 5.97 Å². The summed E-state index contributed by atoms with van der Waals surface area (Å²) in [5.74, 6) is -0.885. The molecular weight excluding hydrogens is 360 g/mol. The molecule has 2 N–H and O–H groups in total. The summed E-state index contributed by atoms with van der Waals surface area (Å²) in [6.45, 7) is 2.56. The third-order valence-electron chi connectivity index (χ3n) is 4.66. The molecule has 0 bridgehead atoms. The van der Waals surface area contributed by atoms with E-state index in [1.54, 1.807) is 29.2 Å². The topological polar surface area (TPSA) is 90.3 Å². The van der Waals surface area contributed by atoms with Gasteiger partial charge in [0.05, 0.1) is 12.7 Å². The predicted octanol–water partition coefficient (Wildman–Crippen LogP) is 2.25. The first kappa shape index (κ1) is 19.3. The van der Waals surface area contributed by atoms with Crippen LogP contribution in [0.4, 0.5) is 5.69 Å². The van der Waals surface area contributed by atoms with Gasteiger partial charge in [-0.05, 0) is 48.0 Å². The second kappa shape index (κ2) is 8.47. The lowest BCUT2D eigenvalue weighted by molar-refractivity contribution is -0.126. The molecule has 3 rings (SSSR count). The maximum absolute atomic E-state index is 12.4. The van der Waals surface area contributed by atoms with E-state index >= 15 is 0 Å². The SMILES string of the molecule is COC(=O)c1ccc(N2CCN(C(=O)/C=C/c3ccc(O)c(O)c3)CC2)cc1. The zero-order valence-corrected chi connectivity index (χ0v) is 15.5. The van der Waals surface area contributed by atoms with E-state index in [-0.39, 0.29) is 23.4 Å². The highest BCUT2D eigenvalue weighted by atomic mass is 16.5. The van der Waals surface area contributed by atoms with Crippen LogP contribution in [0.3, 0.4) is 0 Å². The van der Waals surface area contributed by atoms with Gasteiger partial charge in [-0.25, -0.2) is 4.79 Å². The van der Waals surface area contributed by atoms with Crippen molar-refractivity contribution in [2.75, 3.05) is 38.2 Å². The van der Waals surface area contributed by atoms with Gasteiger partial charge in [0.15, 0.2) is 11.5 Å². The molecule has 2 aromatic carbocycles. The summed E-state index contributed by atoms with van der Waals surface area (Å²) in [6.07, 6.45) is 3.08. The summed E-state index contributed by atoms with van der Waals surface area (Å²) in [7, 11) is 1.35. The molecule has 1 saturated heterocycles. The minimum absolute atomic E-state index is 0.103.